The second-order valence-corrected chi connectivity index (χ2v) is 6.34. The summed E-state index contributed by atoms with van der Waals surface area (Å²) in [6, 6.07) is 12.0. The first kappa shape index (κ1) is 12.9. The number of rotatable bonds is 5. The SMILES string of the molecule is C.[2H]C([2H])([2H])Oc1cc(Cc2ccc3ncc(-c4ccn(C)c4)nc3c2)cc(OC([2H])([2H])[2H])c1. The second-order valence-electron chi connectivity index (χ2n) is 6.34. The fourth-order valence-corrected chi connectivity index (χ4v) is 3.05. The molecule has 144 valence electrons. The molecule has 0 amide bonds. The smallest absolute Gasteiger partial charge is 0.122 e. The Morgan fingerprint density at radius 2 is 1.75 bits per heavy atom. The third-order valence-corrected chi connectivity index (χ3v) is 4.32. The van der Waals surface area contributed by atoms with E-state index in [-0.39, 0.29) is 18.9 Å². The minimum absolute atomic E-state index is 0. The molecule has 0 atom stereocenters. The van der Waals surface area contributed by atoms with E-state index in [1.54, 1.807) is 18.3 Å². The predicted molar refractivity (Wildman–Crippen MR) is 113 cm³/mol. The standard InChI is InChI=1S/C22H21N3O2.CH4/c1-25-7-6-17(14-25)22-13-23-20-5-4-15(11-21(20)24-22)8-16-9-18(26-2)12-19(10-16)27-3;/h4-7,9-14H,8H2,1-3H3;1H4/i2D3,3D3;. The molecule has 0 aliphatic heterocycles. The van der Waals surface area contributed by atoms with Gasteiger partial charge in [0.25, 0.3) is 0 Å². The van der Waals surface area contributed by atoms with Gasteiger partial charge in [0.15, 0.2) is 0 Å². The van der Waals surface area contributed by atoms with Crippen molar-refractivity contribution in [3.05, 3.63) is 72.2 Å². The Hall–Kier alpha value is -3.34. The van der Waals surface area contributed by atoms with Crippen LogP contribution in [0.4, 0.5) is 0 Å². The molecule has 5 heteroatoms. The average Bonchev–Trinajstić information content (AvgIpc) is 3.11. The summed E-state index contributed by atoms with van der Waals surface area (Å²) >= 11 is 0. The van der Waals surface area contributed by atoms with Gasteiger partial charge < -0.3 is 14.0 Å². The molecule has 0 aliphatic carbocycles. The number of fused-ring (bicyclic) bond motifs is 1. The normalized spacial score (nSPS) is 14.6. The van der Waals surface area contributed by atoms with E-state index < -0.39 is 14.1 Å². The summed E-state index contributed by atoms with van der Waals surface area (Å²) in [5.74, 6) is -0.00242. The molecule has 5 nitrogen and oxygen atoms in total. The number of nitrogens with zero attached hydrogens (tertiary/aromatic N) is 3. The van der Waals surface area contributed by atoms with Gasteiger partial charge in [-0.2, -0.15) is 0 Å². The van der Waals surface area contributed by atoms with Crippen molar-refractivity contribution < 1.29 is 17.7 Å². The van der Waals surface area contributed by atoms with E-state index >= 15 is 0 Å². The van der Waals surface area contributed by atoms with Crippen LogP contribution in [0.1, 0.15) is 26.8 Å². The molecule has 0 unspecified atom stereocenters. The van der Waals surface area contributed by atoms with Gasteiger partial charge in [0, 0.05) is 31.1 Å². The van der Waals surface area contributed by atoms with Crippen LogP contribution in [0, 0.1) is 0 Å². The summed E-state index contributed by atoms with van der Waals surface area (Å²) in [5, 5.41) is 0. The molecule has 2 aromatic carbocycles. The molecule has 4 rings (SSSR count). The summed E-state index contributed by atoms with van der Waals surface area (Å²) < 4.78 is 55.9. The maximum atomic E-state index is 7.34. The third kappa shape index (κ3) is 3.98. The minimum Gasteiger partial charge on any atom is -0.497 e. The van der Waals surface area contributed by atoms with Crippen molar-refractivity contribution in [2.75, 3.05) is 14.1 Å². The summed E-state index contributed by atoms with van der Waals surface area (Å²) in [6.07, 6.45) is 6.00. The third-order valence-electron chi connectivity index (χ3n) is 4.32. The first-order valence-corrected chi connectivity index (χ1v) is 8.34. The highest BCUT2D eigenvalue weighted by Gasteiger charge is 2.07. The van der Waals surface area contributed by atoms with E-state index in [1.165, 1.54) is 6.07 Å². The van der Waals surface area contributed by atoms with Crippen LogP contribution in [0.2, 0.25) is 0 Å². The van der Waals surface area contributed by atoms with Crippen LogP contribution in [0.5, 0.6) is 11.5 Å². The lowest BCUT2D eigenvalue weighted by atomic mass is 10.0. The quantitative estimate of drug-likeness (QED) is 0.494. The van der Waals surface area contributed by atoms with Gasteiger partial charge >= 0.3 is 0 Å². The van der Waals surface area contributed by atoms with Crippen molar-refractivity contribution in [2.24, 2.45) is 7.05 Å². The Morgan fingerprint density at radius 1 is 0.964 bits per heavy atom. The Balaban J connectivity index is 0.00000324. The summed E-state index contributed by atoms with van der Waals surface area (Å²) in [6.45, 7) is 0. The van der Waals surface area contributed by atoms with E-state index in [0.29, 0.717) is 17.5 Å². The molecule has 2 aromatic heterocycles. The van der Waals surface area contributed by atoms with Crippen LogP contribution < -0.4 is 9.47 Å². The van der Waals surface area contributed by atoms with Gasteiger partial charge in [-0.25, -0.2) is 4.98 Å². The molecular formula is C23H25N3O2. The first-order valence-electron chi connectivity index (χ1n) is 11.3. The number of aromatic nitrogens is 3. The van der Waals surface area contributed by atoms with E-state index in [9.17, 15) is 0 Å². The van der Waals surface area contributed by atoms with Crippen molar-refractivity contribution >= 4 is 11.0 Å². The first-order chi connectivity index (χ1) is 15.4. The summed E-state index contributed by atoms with van der Waals surface area (Å²) in [5.41, 5.74) is 4.67. The van der Waals surface area contributed by atoms with Crippen molar-refractivity contribution in [3.63, 3.8) is 0 Å². The van der Waals surface area contributed by atoms with Gasteiger partial charge in [-0.15, -0.1) is 0 Å². The molecular weight excluding hydrogens is 350 g/mol. The van der Waals surface area contributed by atoms with E-state index in [2.05, 4.69) is 4.98 Å². The van der Waals surface area contributed by atoms with E-state index in [1.807, 2.05) is 48.3 Å². The highest BCUT2D eigenvalue weighted by Crippen LogP contribution is 2.25. The van der Waals surface area contributed by atoms with Gasteiger partial charge in [0.1, 0.15) is 11.5 Å². The maximum Gasteiger partial charge on any atom is 0.122 e. The average molecular weight is 382 g/mol. The van der Waals surface area contributed by atoms with Crippen LogP contribution >= 0.6 is 0 Å². The molecule has 2 heterocycles. The Bertz CT molecular complexity index is 1260. The zero-order valence-corrected chi connectivity index (χ0v) is 14.6. The lowest BCUT2D eigenvalue weighted by Crippen LogP contribution is -1.94. The topological polar surface area (TPSA) is 49.2 Å². The lowest BCUT2D eigenvalue weighted by molar-refractivity contribution is 0.393. The van der Waals surface area contributed by atoms with Crippen molar-refractivity contribution in [1.82, 2.24) is 14.5 Å². The van der Waals surface area contributed by atoms with E-state index in [0.717, 1.165) is 22.3 Å². The van der Waals surface area contributed by atoms with Gasteiger partial charge in [0.2, 0.25) is 0 Å². The maximum absolute atomic E-state index is 7.34. The lowest BCUT2D eigenvalue weighted by Gasteiger charge is -2.09. The fraction of sp³-hybridized carbons (Fsp3) is 0.217. The molecule has 4 aromatic rings. The van der Waals surface area contributed by atoms with Crippen molar-refractivity contribution in [1.29, 1.82) is 0 Å². The van der Waals surface area contributed by atoms with Crippen LogP contribution in [0.15, 0.2) is 61.1 Å². The Kier molecular flexibility index (Phi) is 3.76. The number of benzene rings is 2. The number of methoxy groups -OCH3 is 2. The van der Waals surface area contributed by atoms with Gasteiger partial charge in [0.05, 0.1) is 45.2 Å². The van der Waals surface area contributed by atoms with Crippen LogP contribution in [0.3, 0.4) is 0 Å². The molecule has 0 radical (unpaired) electrons. The zero-order valence-electron chi connectivity index (χ0n) is 20.6. The highest BCUT2D eigenvalue weighted by molar-refractivity contribution is 5.77. The summed E-state index contributed by atoms with van der Waals surface area (Å²) in [7, 11) is -3.42. The molecule has 0 bridgehead atoms. The van der Waals surface area contributed by atoms with Crippen LogP contribution in [-0.4, -0.2) is 28.6 Å². The molecule has 0 saturated heterocycles. The van der Waals surface area contributed by atoms with Gasteiger partial charge in [-0.3, -0.25) is 4.98 Å². The zero-order chi connectivity index (χ0) is 23.8. The molecule has 0 N–H and O–H groups in total. The highest BCUT2D eigenvalue weighted by atomic mass is 16.5. The number of ether oxygens (including phenoxy) is 2. The number of aryl methyl sites for hydroxylation is 1. The van der Waals surface area contributed by atoms with Crippen molar-refractivity contribution in [2.45, 2.75) is 13.8 Å². The van der Waals surface area contributed by atoms with E-state index in [4.69, 9.17) is 22.7 Å². The van der Waals surface area contributed by atoms with Crippen molar-refractivity contribution in [3.8, 4) is 22.8 Å². The predicted octanol–water partition coefficient (Wildman–Crippen LogP) is 4.88. The largest absolute Gasteiger partial charge is 0.497 e. The number of hydrogen-bond acceptors (Lipinski definition) is 4. The Morgan fingerprint density at radius 3 is 2.43 bits per heavy atom. The second kappa shape index (κ2) is 8.13. The fourth-order valence-electron chi connectivity index (χ4n) is 3.05. The van der Waals surface area contributed by atoms with Crippen LogP contribution in [0.25, 0.3) is 22.3 Å². The van der Waals surface area contributed by atoms with Gasteiger partial charge in [-0.05, 0) is 47.9 Å². The summed E-state index contributed by atoms with van der Waals surface area (Å²) in [4.78, 5) is 9.21. The van der Waals surface area contributed by atoms with Gasteiger partial charge in [-0.1, -0.05) is 13.5 Å². The number of hydrogen-bond donors (Lipinski definition) is 0. The molecule has 0 spiro atoms. The minimum atomic E-state index is -2.68. The molecule has 28 heavy (non-hydrogen) atoms. The Labute approximate surface area is 174 Å². The molecule has 0 fully saturated rings. The monoisotopic (exact) mass is 381 g/mol. The molecule has 0 saturated carbocycles. The molecule has 0 aliphatic rings. The van der Waals surface area contributed by atoms with Crippen LogP contribution in [-0.2, 0) is 13.5 Å².